The van der Waals surface area contributed by atoms with E-state index >= 15 is 0 Å². The van der Waals surface area contributed by atoms with Gasteiger partial charge in [-0.1, -0.05) is 44.2 Å². The van der Waals surface area contributed by atoms with E-state index < -0.39 is 18.1 Å². The van der Waals surface area contributed by atoms with Crippen molar-refractivity contribution in [2.24, 2.45) is 5.92 Å². The van der Waals surface area contributed by atoms with Crippen molar-refractivity contribution in [2.75, 3.05) is 25.4 Å². The average Bonchev–Trinajstić information content (AvgIpc) is 3.28. The highest BCUT2D eigenvalue weighted by molar-refractivity contribution is 5.90. The van der Waals surface area contributed by atoms with Crippen LogP contribution in [0.1, 0.15) is 56.9 Å². The Kier molecular flexibility index (Phi) is 8.90. The van der Waals surface area contributed by atoms with E-state index in [0.717, 1.165) is 37.7 Å². The summed E-state index contributed by atoms with van der Waals surface area (Å²) in [7, 11) is 0. The summed E-state index contributed by atoms with van der Waals surface area (Å²) in [6.07, 6.45) is 8.43. The van der Waals surface area contributed by atoms with Gasteiger partial charge >= 0.3 is 5.97 Å². The topological polar surface area (TPSA) is 125 Å². The molecule has 0 unspecified atom stereocenters. The van der Waals surface area contributed by atoms with Crippen LogP contribution < -0.4 is 16.4 Å². The lowest BCUT2D eigenvalue weighted by Gasteiger charge is -2.31. The molecule has 1 aromatic carbocycles. The molecule has 8 heteroatoms. The summed E-state index contributed by atoms with van der Waals surface area (Å²) in [5.74, 6) is -0.840. The molecule has 1 aliphatic carbocycles. The van der Waals surface area contributed by atoms with Gasteiger partial charge in [-0.3, -0.25) is 19.7 Å². The number of carbonyl (C=O) groups excluding carboxylic acids is 2. The molecule has 2 aliphatic rings. The molecule has 3 rings (SSSR count). The summed E-state index contributed by atoms with van der Waals surface area (Å²) in [5, 5.41) is 15.0. The zero-order valence-electron chi connectivity index (χ0n) is 18.7. The third-order valence-corrected chi connectivity index (χ3v) is 6.62. The number of benzene rings is 1. The Bertz CT molecular complexity index is 777. The van der Waals surface area contributed by atoms with Crippen molar-refractivity contribution >= 4 is 23.5 Å². The minimum absolute atomic E-state index is 0.138. The summed E-state index contributed by atoms with van der Waals surface area (Å²) < 4.78 is 0. The number of carboxylic acid groups (broad SMARTS) is 1. The van der Waals surface area contributed by atoms with E-state index in [-0.39, 0.29) is 18.4 Å². The van der Waals surface area contributed by atoms with E-state index in [1.807, 2.05) is 24.3 Å². The highest BCUT2D eigenvalue weighted by atomic mass is 16.4. The molecule has 1 saturated carbocycles. The van der Waals surface area contributed by atoms with Crippen LogP contribution in [0.2, 0.25) is 0 Å². The van der Waals surface area contributed by atoms with E-state index in [9.17, 15) is 14.4 Å². The number of amides is 2. The van der Waals surface area contributed by atoms with Crippen molar-refractivity contribution in [1.82, 2.24) is 15.5 Å². The van der Waals surface area contributed by atoms with Crippen molar-refractivity contribution in [3.8, 4) is 0 Å². The first-order valence-electron chi connectivity index (χ1n) is 11.8. The van der Waals surface area contributed by atoms with Crippen LogP contribution in [0.4, 0.5) is 5.69 Å². The number of hydrogen-bond donors (Lipinski definition) is 4. The number of nitrogens with one attached hydrogen (secondary N) is 2. The van der Waals surface area contributed by atoms with Crippen LogP contribution in [0.3, 0.4) is 0 Å². The van der Waals surface area contributed by atoms with Gasteiger partial charge in [0, 0.05) is 18.8 Å². The quantitative estimate of drug-likeness (QED) is 0.409. The van der Waals surface area contributed by atoms with Crippen molar-refractivity contribution in [2.45, 2.75) is 69.9 Å². The van der Waals surface area contributed by atoms with Crippen molar-refractivity contribution in [3.63, 3.8) is 0 Å². The zero-order valence-corrected chi connectivity index (χ0v) is 18.7. The molecule has 5 N–H and O–H groups in total. The maximum Gasteiger partial charge on any atom is 0.317 e. The number of nitrogen functional groups attached to an aromatic ring is 1. The van der Waals surface area contributed by atoms with Crippen LogP contribution >= 0.6 is 0 Å². The first kappa shape index (κ1) is 24.0. The van der Waals surface area contributed by atoms with Gasteiger partial charge < -0.3 is 21.1 Å². The van der Waals surface area contributed by atoms with E-state index in [1.165, 1.54) is 6.42 Å². The first-order chi connectivity index (χ1) is 15.4. The fourth-order valence-electron chi connectivity index (χ4n) is 4.87. The molecule has 0 bridgehead atoms. The highest BCUT2D eigenvalue weighted by Gasteiger charge is 2.37. The number of rotatable bonds is 10. The van der Waals surface area contributed by atoms with Crippen molar-refractivity contribution < 1.29 is 19.5 Å². The monoisotopic (exact) mass is 444 g/mol. The lowest BCUT2D eigenvalue weighted by molar-refractivity contribution is -0.141. The molecular formula is C24H36N4O4. The standard InChI is InChI=1S/C24H36N4O4/c25-19-10-8-17(9-11-19)12-13-26-23(31)21-7-4-14-28(21)24(32)20(27-16-22(29)30)15-18-5-2-1-3-6-18/h8-11,18,20-21,27H,1-7,12-16,25H2,(H,26,31)(H,29,30)/t20-,21+/m1/s1. The molecule has 0 spiro atoms. The molecular weight excluding hydrogens is 408 g/mol. The maximum atomic E-state index is 13.4. The fraction of sp³-hybridized carbons (Fsp3) is 0.625. The fourth-order valence-corrected chi connectivity index (χ4v) is 4.87. The molecule has 2 fully saturated rings. The molecule has 176 valence electrons. The van der Waals surface area contributed by atoms with E-state index in [4.69, 9.17) is 10.8 Å². The van der Waals surface area contributed by atoms with Crippen molar-refractivity contribution in [3.05, 3.63) is 29.8 Å². The third kappa shape index (κ3) is 6.95. The van der Waals surface area contributed by atoms with Gasteiger partial charge in [-0.05, 0) is 49.3 Å². The molecule has 0 aromatic heterocycles. The Labute approximate surface area is 189 Å². The number of anilines is 1. The minimum atomic E-state index is -0.982. The third-order valence-electron chi connectivity index (χ3n) is 6.62. The van der Waals surface area contributed by atoms with Crippen LogP contribution in [0.25, 0.3) is 0 Å². The van der Waals surface area contributed by atoms with Gasteiger partial charge in [-0.15, -0.1) is 0 Å². The number of likely N-dealkylation sites (tertiary alicyclic amines) is 1. The summed E-state index contributed by atoms with van der Waals surface area (Å²) >= 11 is 0. The summed E-state index contributed by atoms with van der Waals surface area (Å²) in [4.78, 5) is 39.0. The van der Waals surface area contributed by atoms with Gasteiger partial charge in [0.2, 0.25) is 11.8 Å². The second-order valence-electron chi connectivity index (χ2n) is 9.04. The van der Waals surface area contributed by atoms with Gasteiger partial charge in [0.1, 0.15) is 6.04 Å². The van der Waals surface area contributed by atoms with E-state index in [0.29, 0.717) is 44.0 Å². The van der Waals surface area contributed by atoms with Crippen LogP contribution in [-0.4, -0.2) is 59.5 Å². The van der Waals surface area contributed by atoms with E-state index in [2.05, 4.69) is 10.6 Å². The smallest absolute Gasteiger partial charge is 0.317 e. The van der Waals surface area contributed by atoms with Gasteiger partial charge in [-0.2, -0.15) is 0 Å². The SMILES string of the molecule is Nc1ccc(CCNC(=O)[C@@H]2CCCN2C(=O)[C@@H](CC2CCCCC2)NCC(=O)O)cc1. The van der Waals surface area contributed by atoms with Crippen LogP contribution in [-0.2, 0) is 20.8 Å². The predicted octanol–water partition coefficient (Wildman–Crippen LogP) is 1.93. The van der Waals surface area contributed by atoms with Crippen LogP contribution in [0.5, 0.6) is 0 Å². The van der Waals surface area contributed by atoms with Gasteiger partial charge in [0.25, 0.3) is 0 Å². The lowest BCUT2D eigenvalue weighted by atomic mass is 9.84. The Hall–Kier alpha value is -2.61. The molecule has 1 aromatic rings. The number of hydrogen-bond acceptors (Lipinski definition) is 5. The Balaban J connectivity index is 1.56. The summed E-state index contributed by atoms with van der Waals surface area (Å²) in [5.41, 5.74) is 7.50. The Morgan fingerprint density at radius 1 is 1.06 bits per heavy atom. The Morgan fingerprint density at radius 3 is 2.47 bits per heavy atom. The number of nitrogens with two attached hydrogens (primary N) is 1. The van der Waals surface area contributed by atoms with E-state index in [1.54, 1.807) is 4.90 Å². The molecule has 2 amide bonds. The number of carbonyl (C=O) groups is 3. The molecule has 2 atom stereocenters. The second-order valence-corrected chi connectivity index (χ2v) is 9.04. The van der Waals surface area contributed by atoms with Gasteiger partial charge in [-0.25, -0.2) is 0 Å². The van der Waals surface area contributed by atoms with Gasteiger partial charge in [0.15, 0.2) is 0 Å². The van der Waals surface area contributed by atoms with Crippen molar-refractivity contribution in [1.29, 1.82) is 0 Å². The van der Waals surface area contributed by atoms with Crippen LogP contribution in [0.15, 0.2) is 24.3 Å². The average molecular weight is 445 g/mol. The lowest BCUT2D eigenvalue weighted by Crippen LogP contribution is -2.53. The highest BCUT2D eigenvalue weighted by Crippen LogP contribution is 2.28. The van der Waals surface area contributed by atoms with Gasteiger partial charge in [0.05, 0.1) is 12.6 Å². The predicted molar refractivity (Wildman–Crippen MR) is 123 cm³/mol. The summed E-state index contributed by atoms with van der Waals surface area (Å²) in [6.45, 7) is 0.768. The number of aliphatic carboxylic acids is 1. The second kappa shape index (κ2) is 11.9. The Morgan fingerprint density at radius 2 is 1.78 bits per heavy atom. The molecule has 8 nitrogen and oxygen atoms in total. The molecule has 32 heavy (non-hydrogen) atoms. The number of carboxylic acids is 1. The summed E-state index contributed by atoms with van der Waals surface area (Å²) in [6, 6.07) is 6.51. The molecule has 0 radical (unpaired) electrons. The molecule has 1 saturated heterocycles. The minimum Gasteiger partial charge on any atom is -0.480 e. The first-order valence-corrected chi connectivity index (χ1v) is 11.8. The largest absolute Gasteiger partial charge is 0.480 e. The number of nitrogens with zero attached hydrogens (tertiary/aromatic N) is 1. The van der Waals surface area contributed by atoms with Crippen LogP contribution in [0, 0.1) is 5.92 Å². The normalized spacial score (nSPS) is 20.1. The zero-order chi connectivity index (χ0) is 22.9. The molecule has 1 heterocycles. The maximum absolute atomic E-state index is 13.4. The molecule has 1 aliphatic heterocycles.